The number of anilines is 1. The third-order valence-corrected chi connectivity index (χ3v) is 8.14. The number of ether oxygens (including phenoxy) is 2. The second-order valence-corrected chi connectivity index (χ2v) is 10.5. The van der Waals surface area contributed by atoms with Crippen LogP contribution in [-0.4, -0.2) is 35.6 Å². The molecule has 0 saturated carbocycles. The van der Waals surface area contributed by atoms with Crippen molar-refractivity contribution in [2.45, 2.75) is 26.8 Å². The van der Waals surface area contributed by atoms with Crippen molar-refractivity contribution in [1.82, 2.24) is 4.57 Å². The molecule has 0 saturated heterocycles. The van der Waals surface area contributed by atoms with Crippen LogP contribution < -0.4 is 24.5 Å². The van der Waals surface area contributed by atoms with E-state index in [9.17, 15) is 19.2 Å². The van der Waals surface area contributed by atoms with Crippen LogP contribution in [0.15, 0.2) is 92.4 Å². The van der Waals surface area contributed by atoms with E-state index >= 15 is 0 Å². The number of amides is 1. The number of hydrogen-bond donors (Lipinski definition) is 0. The lowest BCUT2D eigenvalue weighted by molar-refractivity contribution is -0.139. The molecule has 10 nitrogen and oxygen atoms in total. The molecule has 2 aromatic heterocycles. The van der Waals surface area contributed by atoms with Crippen molar-refractivity contribution in [3.8, 4) is 5.75 Å². The summed E-state index contributed by atoms with van der Waals surface area (Å²) >= 11 is 1.11. The number of carbonyl (C=O) groups excluding carboxylic acids is 3. The number of nitrogens with zero attached hydrogens (tertiary/aromatic N) is 3. The predicted octanol–water partition coefficient (Wildman–Crippen LogP) is 3.35. The summed E-state index contributed by atoms with van der Waals surface area (Å²) in [5.41, 5.74) is 2.46. The van der Waals surface area contributed by atoms with Gasteiger partial charge in [0.1, 0.15) is 10.3 Å². The first-order chi connectivity index (χ1) is 20.3. The summed E-state index contributed by atoms with van der Waals surface area (Å²) < 4.78 is 17.5. The van der Waals surface area contributed by atoms with E-state index in [2.05, 4.69) is 4.99 Å². The highest BCUT2D eigenvalue weighted by Crippen LogP contribution is 2.35. The largest absolute Gasteiger partial charge is 0.463 e. The van der Waals surface area contributed by atoms with Crippen molar-refractivity contribution in [2.75, 3.05) is 18.1 Å². The zero-order valence-electron chi connectivity index (χ0n) is 23.0. The number of esters is 2. The molecule has 11 heteroatoms. The fraction of sp³-hybridized carbons (Fsp3) is 0.194. The van der Waals surface area contributed by atoms with Gasteiger partial charge < -0.3 is 18.8 Å². The Hall–Kier alpha value is -5.03. The van der Waals surface area contributed by atoms with Gasteiger partial charge >= 0.3 is 11.9 Å². The van der Waals surface area contributed by atoms with E-state index in [1.54, 1.807) is 49.1 Å². The van der Waals surface area contributed by atoms with Gasteiger partial charge in [-0.2, -0.15) is 0 Å². The summed E-state index contributed by atoms with van der Waals surface area (Å²) in [5.74, 6) is -1.21. The third kappa shape index (κ3) is 4.38. The lowest BCUT2D eigenvalue weighted by Crippen LogP contribution is -2.41. The van der Waals surface area contributed by atoms with Crippen LogP contribution in [0.5, 0.6) is 5.75 Å². The molecular formula is C31H25N3O7S. The molecular weight excluding hydrogens is 558 g/mol. The van der Waals surface area contributed by atoms with Gasteiger partial charge in [0, 0.05) is 12.1 Å². The second kappa shape index (κ2) is 10.7. The van der Waals surface area contributed by atoms with Crippen LogP contribution in [0.25, 0.3) is 5.57 Å². The molecule has 2 aliphatic rings. The Morgan fingerprint density at radius 3 is 2.45 bits per heavy atom. The van der Waals surface area contributed by atoms with Gasteiger partial charge in [0.25, 0.3) is 11.5 Å². The van der Waals surface area contributed by atoms with Crippen molar-refractivity contribution in [3.63, 3.8) is 0 Å². The number of thiazole rings is 1. The molecule has 4 aromatic rings. The number of rotatable bonds is 6. The molecule has 42 heavy (non-hydrogen) atoms. The monoisotopic (exact) mass is 583 g/mol. The van der Waals surface area contributed by atoms with E-state index < -0.39 is 23.5 Å². The van der Waals surface area contributed by atoms with E-state index in [4.69, 9.17) is 13.9 Å². The molecule has 0 fully saturated rings. The Morgan fingerprint density at radius 2 is 1.76 bits per heavy atom. The van der Waals surface area contributed by atoms with Crippen molar-refractivity contribution in [3.05, 3.63) is 115 Å². The molecule has 2 aliphatic heterocycles. The van der Waals surface area contributed by atoms with Gasteiger partial charge in [0.15, 0.2) is 4.80 Å². The molecule has 4 heterocycles. The molecule has 6 rings (SSSR count). The fourth-order valence-corrected chi connectivity index (χ4v) is 6.38. The van der Waals surface area contributed by atoms with Gasteiger partial charge in [-0.3, -0.25) is 14.2 Å². The predicted molar refractivity (Wildman–Crippen MR) is 154 cm³/mol. The minimum atomic E-state index is -0.890. The Labute approximate surface area is 243 Å². The standard InChI is InChI=1S/C31H25N3O7S/c1-4-33-21-10-7-6-9-20(21)24(27(33)35)26-28(36)34-25(23(30(38)39-5-2)17(3)32-31(34)42-26)18-12-14-19(15-13-18)41-29(37)22-11-8-16-40-22/h6-16,25H,4-5H2,1-3H3/b26-24-/t25-/m1/s1. The number of fused-ring (bicyclic) bond motifs is 2. The smallest absolute Gasteiger partial charge is 0.379 e. The first kappa shape index (κ1) is 27.2. The Bertz CT molecular complexity index is 1950. The molecule has 0 N–H and O–H groups in total. The molecule has 0 unspecified atom stereocenters. The number of aromatic nitrogens is 1. The average Bonchev–Trinajstić information content (AvgIpc) is 3.69. The summed E-state index contributed by atoms with van der Waals surface area (Å²) in [7, 11) is 0. The number of benzene rings is 2. The van der Waals surface area contributed by atoms with Crippen LogP contribution in [0.2, 0.25) is 0 Å². The molecule has 212 valence electrons. The Balaban J connectivity index is 1.51. The maximum atomic E-state index is 14.2. The molecule has 1 amide bonds. The highest BCUT2D eigenvalue weighted by Gasteiger charge is 2.37. The molecule has 0 radical (unpaired) electrons. The van der Waals surface area contributed by atoms with E-state index in [-0.39, 0.29) is 34.1 Å². The number of hydrogen-bond acceptors (Lipinski definition) is 9. The maximum absolute atomic E-state index is 14.2. The van der Waals surface area contributed by atoms with Crippen molar-refractivity contribution in [1.29, 1.82) is 0 Å². The molecule has 0 bridgehead atoms. The Kier molecular flexibility index (Phi) is 6.95. The van der Waals surface area contributed by atoms with Crippen molar-refractivity contribution in [2.24, 2.45) is 4.99 Å². The summed E-state index contributed by atoms with van der Waals surface area (Å²) in [6, 6.07) is 16.0. The Morgan fingerprint density at radius 1 is 1.00 bits per heavy atom. The average molecular weight is 584 g/mol. The summed E-state index contributed by atoms with van der Waals surface area (Å²) in [5, 5.41) is 0. The van der Waals surface area contributed by atoms with E-state index in [1.165, 1.54) is 16.9 Å². The minimum absolute atomic E-state index is 0.0558. The zero-order chi connectivity index (χ0) is 29.5. The van der Waals surface area contributed by atoms with Gasteiger partial charge in [-0.25, -0.2) is 14.6 Å². The number of para-hydroxylation sites is 1. The number of carbonyl (C=O) groups is 3. The maximum Gasteiger partial charge on any atom is 0.379 e. The lowest BCUT2D eigenvalue weighted by Gasteiger charge is -2.24. The molecule has 2 aromatic carbocycles. The van der Waals surface area contributed by atoms with Crippen LogP contribution in [0.4, 0.5) is 5.69 Å². The molecule has 0 spiro atoms. The van der Waals surface area contributed by atoms with Crippen LogP contribution in [0.1, 0.15) is 48.5 Å². The van der Waals surface area contributed by atoms with E-state index in [0.29, 0.717) is 33.7 Å². The lowest BCUT2D eigenvalue weighted by atomic mass is 9.96. The second-order valence-electron chi connectivity index (χ2n) is 9.50. The fourth-order valence-electron chi connectivity index (χ4n) is 5.24. The van der Waals surface area contributed by atoms with Gasteiger partial charge in [0.05, 0.1) is 41.4 Å². The van der Waals surface area contributed by atoms with E-state index in [1.807, 2.05) is 31.2 Å². The first-order valence-corrected chi connectivity index (χ1v) is 14.1. The summed E-state index contributed by atoms with van der Waals surface area (Å²) in [6.07, 6.45) is 1.37. The topological polar surface area (TPSA) is 120 Å². The quantitative estimate of drug-likeness (QED) is 0.252. The van der Waals surface area contributed by atoms with Crippen LogP contribution in [-0.2, 0) is 14.3 Å². The van der Waals surface area contributed by atoms with Crippen molar-refractivity contribution >= 4 is 40.4 Å². The minimum Gasteiger partial charge on any atom is -0.463 e. The van der Waals surface area contributed by atoms with Gasteiger partial charge in [0.2, 0.25) is 5.76 Å². The van der Waals surface area contributed by atoms with Gasteiger partial charge in [-0.1, -0.05) is 41.7 Å². The molecule has 0 aliphatic carbocycles. The van der Waals surface area contributed by atoms with Crippen LogP contribution >= 0.6 is 11.3 Å². The number of allylic oxidation sites excluding steroid dienone is 1. The molecule has 1 atom stereocenters. The van der Waals surface area contributed by atoms with E-state index in [0.717, 1.165) is 17.0 Å². The van der Waals surface area contributed by atoms with Crippen LogP contribution in [0, 0.1) is 0 Å². The van der Waals surface area contributed by atoms with Crippen LogP contribution in [0.3, 0.4) is 0 Å². The highest BCUT2D eigenvalue weighted by atomic mass is 32.1. The van der Waals surface area contributed by atoms with Gasteiger partial charge in [-0.05, 0) is 56.7 Å². The van der Waals surface area contributed by atoms with Crippen molar-refractivity contribution < 1.29 is 28.3 Å². The summed E-state index contributed by atoms with van der Waals surface area (Å²) in [6.45, 7) is 5.85. The van der Waals surface area contributed by atoms with Gasteiger partial charge in [-0.15, -0.1) is 0 Å². The number of likely N-dealkylation sites (N-methyl/N-ethyl adjacent to an activating group) is 1. The third-order valence-electron chi connectivity index (χ3n) is 7.09. The highest BCUT2D eigenvalue weighted by molar-refractivity contribution is 7.07. The first-order valence-electron chi connectivity index (χ1n) is 13.3. The summed E-state index contributed by atoms with van der Waals surface area (Å²) in [4.78, 5) is 59.9. The number of furan rings is 1. The normalized spacial score (nSPS) is 17.1. The zero-order valence-corrected chi connectivity index (χ0v) is 23.8. The SMILES string of the molecule is CCOC(=O)C1=C(C)N=c2s/c(=C3\C(=O)N(CC)c4ccccc43)c(=O)n2[C@@H]1c1ccc(OC(=O)c2ccco2)cc1.